The standard InChI is InChI=1S/C21H28ClN5O2S.HI/c1-2-24-21(25-12-10-16-6-8-20(9-7-16)30(23,28)29)26-18-11-13-27(15-18)19-5-3-4-17(22)14-19;/h3-9,14,18H,2,10-13,15H2,1H3,(H2,23,28,29)(H2,24,25,26);1H. The van der Waals surface area contributed by atoms with Gasteiger partial charge in [0.15, 0.2) is 5.96 Å². The van der Waals surface area contributed by atoms with Gasteiger partial charge in [-0.3, -0.25) is 4.99 Å². The predicted octanol–water partition coefficient (Wildman–Crippen LogP) is 2.98. The molecule has 1 unspecified atom stereocenters. The molecule has 2 aromatic rings. The van der Waals surface area contributed by atoms with Crippen LogP contribution < -0.4 is 20.7 Å². The number of halogens is 2. The van der Waals surface area contributed by atoms with Crippen LogP contribution in [0.25, 0.3) is 0 Å². The molecule has 2 aromatic carbocycles. The van der Waals surface area contributed by atoms with E-state index in [0.717, 1.165) is 48.3 Å². The van der Waals surface area contributed by atoms with Gasteiger partial charge in [-0.25, -0.2) is 13.6 Å². The van der Waals surface area contributed by atoms with Crippen molar-refractivity contribution in [2.75, 3.05) is 31.1 Å². The first-order chi connectivity index (χ1) is 14.3. The first kappa shape index (κ1) is 25.7. The lowest BCUT2D eigenvalue weighted by Crippen LogP contribution is -2.44. The van der Waals surface area contributed by atoms with Gasteiger partial charge in [0, 0.05) is 42.9 Å². The quantitative estimate of drug-likeness (QED) is 0.267. The van der Waals surface area contributed by atoms with Crippen LogP contribution in [0.2, 0.25) is 5.02 Å². The van der Waals surface area contributed by atoms with Gasteiger partial charge < -0.3 is 15.5 Å². The van der Waals surface area contributed by atoms with Crippen molar-refractivity contribution in [2.45, 2.75) is 30.7 Å². The first-order valence-corrected chi connectivity index (χ1v) is 11.9. The van der Waals surface area contributed by atoms with Crippen LogP contribution in [-0.4, -0.2) is 46.6 Å². The lowest BCUT2D eigenvalue weighted by atomic mass is 10.1. The van der Waals surface area contributed by atoms with E-state index in [1.807, 2.05) is 25.1 Å². The molecule has 1 saturated heterocycles. The minimum absolute atomic E-state index is 0. The Labute approximate surface area is 206 Å². The van der Waals surface area contributed by atoms with Crippen LogP contribution in [0, 0.1) is 0 Å². The summed E-state index contributed by atoms with van der Waals surface area (Å²) in [5.74, 6) is 0.789. The number of nitrogens with two attached hydrogens (primary N) is 1. The number of benzene rings is 2. The van der Waals surface area contributed by atoms with Crippen LogP contribution in [0.15, 0.2) is 58.4 Å². The van der Waals surface area contributed by atoms with Gasteiger partial charge in [-0.1, -0.05) is 29.8 Å². The Balaban J connectivity index is 0.00000341. The van der Waals surface area contributed by atoms with Gasteiger partial charge in [-0.15, -0.1) is 24.0 Å². The third kappa shape index (κ3) is 7.81. The van der Waals surface area contributed by atoms with Crippen molar-refractivity contribution in [1.29, 1.82) is 0 Å². The van der Waals surface area contributed by atoms with Crippen LogP contribution in [0.5, 0.6) is 0 Å². The number of aliphatic imine (C=N–C) groups is 1. The maximum absolute atomic E-state index is 11.3. The zero-order valence-corrected chi connectivity index (χ0v) is 21.3. The average Bonchev–Trinajstić information content (AvgIpc) is 3.16. The van der Waals surface area contributed by atoms with Crippen LogP contribution >= 0.6 is 35.6 Å². The molecule has 7 nitrogen and oxygen atoms in total. The maximum atomic E-state index is 11.3. The van der Waals surface area contributed by atoms with E-state index < -0.39 is 10.0 Å². The molecule has 0 amide bonds. The number of hydrogen-bond donors (Lipinski definition) is 3. The molecule has 0 aromatic heterocycles. The zero-order chi connectivity index (χ0) is 21.6. The van der Waals surface area contributed by atoms with E-state index >= 15 is 0 Å². The molecule has 0 radical (unpaired) electrons. The largest absolute Gasteiger partial charge is 0.369 e. The summed E-state index contributed by atoms with van der Waals surface area (Å²) in [4.78, 5) is 7.11. The summed E-state index contributed by atoms with van der Waals surface area (Å²) in [6.45, 7) is 5.26. The third-order valence-electron chi connectivity index (χ3n) is 4.97. The minimum atomic E-state index is -3.66. The van der Waals surface area contributed by atoms with Gasteiger partial charge in [0.05, 0.1) is 4.90 Å². The van der Waals surface area contributed by atoms with E-state index in [1.54, 1.807) is 12.1 Å². The number of sulfonamides is 1. The van der Waals surface area contributed by atoms with Crippen molar-refractivity contribution in [3.8, 4) is 0 Å². The van der Waals surface area contributed by atoms with E-state index in [1.165, 1.54) is 12.1 Å². The number of nitrogens with one attached hydrogen (secondary N) is 2. The fourth-order valence-electron chi connectivity index (χ4n) is 3.44. The second-order valence-corrected chi connectivity index (χ2v) is 9.25. The van der Waals surface area contributed by atoms with Gasteiger partial charge in [0.1, 0.15) is 0 Å². The van der Waals surface area contributed by atoms with Crippen molar-refractivity contribution in [2.24, 2.45) is 10.1 Å². The van der Waals surface area contributed by atoms with Gasteiger partial charge in [-0.05, 0) is 55.7 Å². The van der Waals surface area contributed by atoms with Crippen molar-refractivity contribution in [1.82, 2.24) is 10.6 Å². The normalized spacial score (nSPS) is 16.7. The molecule has 1 aliphatic rings. The summed E-state index contributed by atoms with van der Waals surface area (Å²) in [7, 11) is -3.66. The fourth-order valence-corrected chi connectivity index (χ4v) is 4.14. The number of guanidine groups is 1. The Kier molecular flexibility index (Phi) is 9.86. The SMILES string of the molecule is CCNC(=NCCc1ccc(S(N)(=O)=O)cc1)NC1CCN(c2cccc(Cl)c2)C1.I. The van der Waals surface area contributed by atoms with Gasteiger partial charge in [0.2, 0.25) is 10.0 Å². The van der Waals surface area contributed by atoms with Crippen molar-refractivity contribution in [3.63, 3.8) is 0 Å². The highest BCUT2D eigenvalue weighted by Crippen LogP contribution is 2.23. The third-order valence-corrected chi connectivity index (χ3v) is 6.13. The van der Waals surface area contributed by atoms with Gasteiger partial charge in [-0.2, -0.15) is 0 Å². The number of anilines is 1. The number of primary sulfonamides is 1. The molecule has 0 bridgehead atoms. The Bertz CT molecular complexity index is 986. The molecular weight excluding hydrogens is 549 g/mol. The topological polar surface area (TPSA) is 99.8 Å². The molecule has 1 atom stereocenters. The first-order valence-electron chi connectivity index (χ1n) is 10.0. The highest BCUT2D eigenvalue weighted by atomic mass is 127. The predicted molar refractivity (Wildman–Crippen MR) is 138 cm³/mol. The molecular formula is C21H29ClIN5O2S. The number of nitrogens with zero attached hydrogens (tertiary/aromatic N) is 2. The lowest BCUT2D eigenvalue weighted by molar-refractivity contribution is 0.598. The van der Waals surface area contributed by atoms with E-state index in [2.05, 4.69) is 26.6 Å². The van der Waals surface area contributed by atoms with E-state index in [9.17, 15) is 8.42 Å². The summed E-state index contributed by atoms with van der Waals surface area (Å²) in [5, 5.41) is 12.7. The number of hydrogen-bond acceptors (Lipinski definition) is 4. The second kappa shape index (κ2) is 11.9. The minimum Gasteiger partial charge on any atom is -0.369 e. The fraction of sp³-hybridized carbons (Fsp3) is 0.381. The Morgan fingerprint density at radius 2 is 2.00 bits per heavy atom. The monoisotopic (exact) mass is 577 g/mol. The molecule has 10 heteroatoms. The maximum Gasteiger partial charge on any atom is 0.238 e. The van der Waals surface area contributed by atoms with Crippen molar-refractivity contribution >= 4 is 57.2 Å². The summed E-state index contributed by atoms with van der Waals surface area (Å²) in [5.41, 5.74) is 2.15. The molecule has 1 heterocycles. The van der Waals surface area contributed by atoms with Crippen LogP contribution in [0.1, 0.15) is 18.9 Å². The van der Waals surface area contributed by atoms with Gasteiger partial charge in [0.25, 0.3) is 0 Å². The molecule has 0 spiro atoms. The summed E-state index contributed by atoms with van der Waals surface area (Å²) in [6.07, 6.45) is 1.73. The second-order valence-electron chi connectivity index (χ2n) is 7.26. The molecule has 1 fully saturated rings. The van der Waals surface area contributed by atoms with E-state index in [-0.39, 0.29) is 28.9 Å². The summed E-state index contributed by atoms with van der Waals surface area (Å²) < 4.78 is 22.7. The molecule has 3 rings (SSSR count). The lowest BCUT2D eigenvalue weighted by Gasteiger charge is -2.20. The number of rotatable bonds is 7. The van der Waals surface area contributed by atoms with Crippen LogP contribution in [0.4, 0.5) is 5.69 Å². The summed E-state index contributed by atoms with van der Waals surface area (Å²) >= 11 is 6.12. The van der Waals surface area contributed by atoms with Crippen LogP contribution in [-0.2, 0) is 16.4 Å². The molecule has 1 aliphatic heterocycles. The highest BCUT2D eigenvalue weighted by molar-refractivity contribution is 14.0. The van der Waals surface area contributed by atoms with Crippen molar-refractivity contribution < 1.29 is 8.42 Å². The molecule has 170 valence electrons. The Hall–Kier alpha value is -1.56. The van der Waals surface area contributed by atoms with Crippen LogP contribution in [0.3, 0.4) is 0 Å². The summed E-state index contributed by atoms with van der Waals surface area (Å²) in [6, 6.07) is 14.8. The van der Waals surface area contributed by atoms with E-state index in [4.69, 9.17) is 16.7 Å². The molecule has 4 N–H and O–H groups in total. The molecule has 0 saturated carbocycles. The van der Waals surface area contributed by atoms with E-state index in [0.29, 0.717) is 19.0 Å². The Morgan fingerprint density at radius 1 is 1.26 bits per heavy atom. The van der Waals surface area contributed by atoms with Gasteiger partial charge >= 0.3 is 0 Å². The Morgan fingerprint density at radius 3 is 2.65 bits per heavy atom. The highest BCUT2D eigenvalue weighted by Gasteiger charge is 2.23. The zero-order valence-electron chi connectivity index (χ0n) is 17.4. The average molecular weight is 578 g/mol. The smallest absolute Gasteiger partial charge is 0.238 e. The van der Waals surface area contributed by atoms with Crippen molar-refractivity contribution in [3.05, 3.63) is 59.1 Å². The molecule has 31 heavy (non-hydrogen) atoms. The molecule has 0 aliphatic carbocycles.